The van der Waals surface area contributed by atoms with Crippen LogP contribution in [0.4, 0.5) is 5.69 Å². The molecule has 0 bridgehead atoms. The molecule has 2 aromatic rings. The van der Waals surface area contributed by atoms with Gasteiger partial charge < -0.3 is 9.80 Å². The topological polar surface area (TPSA) is 52.7 Å². The van der Waals surface area contributed by atoms with E-state index in [9.17, 15) is 8.42 Å². The normalized spacial score (nSPS) is 15.6. The van der Waals surface area contributed by atoms with E-state index in [0.717, 1.165) is 36.1 Å². The number of benzene rings is 2. The van der Waals surface area contributed by atoms with E-state index in [0.29, 0.717) is 11.4 Å². The third-order valence-electron chi connectivity index (χ3n) is 5.72. The first kappa shape index (κ1) is 20.8. The molecule has 2 aromatic carbocycles. The zero-order valence-corrected chi connectivity index (χ0v) is 18.3. The van der Waals surface area contributed by atoms with Gasteiger partial charge in [-0.25, -0.2) is 13.1 Å². The number of aryl methyl sites for hydroxylation is 3. The van der Waals surface area contributed by atoms with E-state index in [4.69, 9.17) is 0 Å². The number of hydrogen-bond acceptors (Lipinski definition) is 4. The Morgan fingerprint density at radius 3 is 2.54 bits per heavy atom. The molecule has 152 valence electrons. The number of rotatable bonds is 6. The summed E-state index contributed by atoms with van der Waals surface area (Å²) in [6.07, 6.45) is 2.22. The second kappa shape index (κ2) is 8.23. The Hall–Kier alpha value is -1.89. The van der Waals surface area contributed by atoms with Gasteiger partial charge in [-0.2, -0.15) is 0 Å². The highest BCUT2D eigenvalue weighted by Gasteiger charge is 2.22. The smallest absolute Gasteiger partial charge is 0.240 e. The van der Waals surface area contributed by atoms with Crippen LogP contribution in [-0.2, 0) is 16.4 Å². The van der Waals surface area contributed by atoms with Crippen LogP contribution in [0.15, 0.2) is 41.3 Å². The lowest BCUT2D eigenvalue weighted by Gasteiger charge is -2.30. The van der Waals surface area contributed by atoms with Gasteiger partial charge in [-0.3, -0.25) is 0 Å². The van der Waals surface area contributed by atoms with Crippen molar-refractivity contribution in [2.24, 2.45) is 0 Å². The molecule has 6 heteroatoms. The van der Waals surface area contributed by atoms with Crippen LogP contribution in [-0.4, -0.2) is 47.6 Å². The van der Waals surface area contributed by atoms with Gasteiger partial charge in [-0.1, -0.05) is 18.2 Å². The lowest BCUT2D eigenvalue weighted by molar-refractivity contribution is 0.299. The van der Waals surface area contributed by atoms with Crippen LogP contribution in [0.1, 0.15) is 34.7 Å². The zero-order valence-electron chi connectivity index (χ0n) is 17.5. The van der Waals surface area contributed by atoms with Crippen molar-refractivity contribution in [3.8, 4) is 0 Å². The van der Waals surface area contributed by atoms with E-state index in [1.54, 1.807) is 12.1 Å². The molecule has 0 spiro atoms. The fraction of sp³-hybridized carbons (Fsp3) is 0.455. The largest absolute Gasteiger partial charge is 0.374 e. The van der Waals surface area contributed by atoms with Crippen LogP contribution in [0.2, 0.25) is 0 Å². The van der Waals surface area contributed by atoms with Crippen LogP contribution in [0.3, 0.4) is 0 Å². The van der Waals surface area contributed by atoms with Crippen molar-refractivity contribution in [2.45, 2.75) is 37.6 Å². The van der Waals surface area contributed by atoms with Crippen LogP contribution < -0.4 is 9.62 Å². The maximum atomic E-state index is 12.8. The van der Waals surface area contributed by atoms with Gasteiger partial charge >= 0.3 is 0 Å². The zero-order chi connectivity index (χ0) is 20.5. The van der Waals surface area contributed by atoms with Crippen molar-refractivity contribution < 1.29 is 8.42 Å². The van der Waals surface area contributed by atoms with E-state index in [2.05, 4.69) is 39.8 Å². The molecule has 3 rings (SSSR count). The lowest BCUT2D eigenvalue weighted by atomic mass is 9.96. The van der Waals surface area contributed by atoms with E-state index in [-0.39, 0.29) is 6.04 Å². The Balaban J connectivity index is 1.81. The van der Waals surface area contributed by atoms with Crippen molar-refractivity contribution in [2.75, 3.05) is 39.1 Å². The van der Waals surface area contributed by atoms with Crippen molar-refractivity contribution in [3.05, 3.63) is 58.7 Å². The summed E-state index contributed by atoms with van der Waals surface area (Å²) in [5.74, 6) is 0. The molecule has 1 atom stereocenters. The quantitative estimate of drug-likeness (QED) is 0.807. The molecule has 0 saturated carbocycles. The van der Waals surface area contributed by atoms with Crippen LogP contribution >= 0.6 is 0 Å². The second-order valence-corrected chi connectivity index (χ2v) is 9.76. The number of nitrogens with one attached hydrogen (secondary N) is 1. The predicted molar refractivity (Wildman–Crippen MR) is 116 cm³/mol. The Morgan fingerprint density at radius 2 is 1.86 bits per heavy atom. The molecule has 0 fully saturated rings. The van der Waals surface area contributed by atoms with Gasteiger partial charge in [0, 0.05) is 31.9 Å². The van der Waals surface area contributed by atoms with Gasteiger partial charge in [0.1, 0.15) is 0 Å². The number of anilines is 1. The summed E-state index contributed by atoms with van der Waals surface area (Å²) in [5.41, 5.74) is 5.83. The maximum absolute atomic E-state index is 12.8. The molecule has 1 N–H and O–H groups in total. The third-order valence-corrected chi connectivity index (χ3v) is 7.14. The van der Waals surface area contributed by atoms with Crippen molar-refractivity contribution in [1.82, 2.24) is 9.62 Å². The van der Waals surface area contributed by atoms with Gasteiger partial charge in [0.2, 0.25) is 10.0 Å². The molecule has 0 radical (unpaired) electrons. The summed E-state index contributed by atoms with van der Waals surface area (Å²) < 4.78 is 28.4. The number of sulfonamides is 1. The minimum atomic E-state index is -3.55. The highest BCUT2D eigenvalue weighted by molar-refractivity contribution is 7.89. The fourth-order valence-electron chi connectivity index (χ4n) is 3.76. The Bertz CT molecular complexity index is 954. The minimum Gasteiger partial charge on any atom is -0.374 e. The highest BCUT2D eigenvalue weighted by Crippen LogP contribution is 2.30. The first-order chi connectivity index (χ1) is 13.2. The molecular formula is C22H31N3O2S. The molecule has 1 aliphatic rings. The predicted octanol–water partition coefficient (Wildman–Crippen LogP) is 3.27. The van der Waals surface area contributed by atoms with Gasteiger partial charge in [0.15, 0.2) is 0 Å². The van der Waals surface area contributed by atoms with E-state index in [1.165, 1.54) is 11.3 Å². The van der Waals surface area contributed by atoms with Gasteiger partial charge in [0.25, 0.3) is 0 Å². The molecule has 0 saturated heterocycles. The summed E-state index contributed by atoms with van der Waals surface area (Å²) in [4.78, 5) is 4.67. The fourth-order valence-corrected chi connectivity index (χ4v) is 4.89. The van der Waals surface area contributed by atoms with E-state index in [1.807, 2.05) is 34.0 Å². The Kier molecular flexibility index (Phi) is 6.12. The molecule has 5 nitrogen and oxygen atoms in total. The third kappa shape index (κ3) is 4.40. The SMILES string of the molecule is Cc1ccc(S(=O)(=O)NC[C@H](c2ccc3c(c2)CCCN3C)N(C)C)cc1C. The maximum Gasteiger partial charge on any atom is 0.240 e. The molecular weight excluding hydrogens is 370 g/mol. The van der Waals surface area contributed by atoms with Gasteiger partial charge in [-0.15, -0.1) is 0 Å². The van der Waals surface area contributed by atoms with Crippen molar-refractivity contribution in [3.63, 3.8) is 0 Å². The monoisotopic (exact) mass is 401 g/mol. The van der Waals surface area contributed by atoms with Crippen molar-refractivity contribution in [1.29, 1.82) is 0 Å². The van der Waals surface area contributed by atoms with Gasteiger partial charge in [0.05, 0.1) is 4.90 Å². The Labute approximate surface area is 169 Å². The van der Waals surface area contributed by atoms with Crippen LogP contribution in [0, 0.1) is 13.8 Å². The number of likely N-dealkylation sites (N-methyl/N-ethyl adjacent to an activating group) is 1. The number of fused-ring (bicyclic) bond motifs is 1. The molecule has 0 unspecified atom stereocenters. The van der Waals surface area contributed by atoms with Crippen LogP contribution in [0.5, 0.6) is 0 Å². The van der Waals surface area contributed by atoms with Crippen LogP contribution in [0.25, 0.3) is 0 Å². The summed E-state index contributed by atoms with van der Waals surface area (Å²) in [6, 6.07) is 11.8. The van der Waals surface area contributed by atoms with E-state index >= 15 is 0 Å². The van der Waals surface area contributed by atoms with E-state index < -0.39 is 10.0 Å². The molecule has 28 heavy (non-hydrogen) atoms. The first-order valence-corrected chi connectivity index (χ1v) is 11.2. The highest BCUT2D eigenvalue weighted by atomic mass is 32.2. The molecule has 0 aliphatic carbocycles. The lowest BCUT2D eigenvalue weighted by Crippen LogP contribution is -2.35. The average molecular weight is 402 g/mol. The summed E-state index contributed by atoms with van der Waals surface area (Å²) in [7, 11) is 2.55. The Morgan fingerprint density at radius 1 is 1.11 bits per heavy atom. The molecule has 1 heterocycles. The first-order valence-electron chi connectivity index (χ1n) is 9.76. The number of nitrogens with zero attached hydrogens (tertiary/aromatic N) is 2. The number of hydrogen-bond donors (Lipinski definition) is 1. The molecule has 0 aromatic heterocycles. The second-order valence-electron chi connectivity index (χ2n) is 7.99. The minimum absolute atomic E-state index is 0.0288. The average Bonchev–Trinajstić information content (AvgIpc) is 2.64. The summed E-state index contributed by atoms with van der Waals surface area (Å²) in [5, 5.41) is 0. The standard InChI is InChI=1S/C22H31N3O2S/c1-16-8-10-20(13-17(16)2)28(26,27)23-15-22(24(3)4)19-9-11-21-18(14-19)7-6-12-25(21)5/h8-11,13-14,22-23H,6-7,12,15H2,1-5H3/t22-/m1/s1. The van der Waals surface area contributed by atoms with Crippen molar-refractivity contribution >= 4 is 15.7 Å². The molecule has 0 amide bonds. The van der Waals surface area contributed by atoms with Gasteiger partial charge in [-0.05, 0) is 81.2 Å². The molecule has 1 aliphatic heterocycles. The summed E-state index contributed by atoms with van der Waals surface area (Å²) >= 11 is 0. The summed E-state index contributed by atoms with van der Waals surface area (Å²) in [6.45, 7) is 5.33.